The number of piperazine rings is 1. The van der Waals surface area contributed by atoms with Gasteiger partial charge < -0.3 is 15.1 Å². The van der Waals surface area contributed by atoms with Crippen LogP contribution in [0.2, 0.25) is 0 Å². The number of carbonyl (C=O) groups excluding carboxylic acids is 1. The SMILES string of the molecule is CNCc1cc(F)c(N2CCN(C(C)=O)CC2)c(F)c1. The van der Waals surface area contributed by atoms with Gasteiger partial charge in [0.2, 0.25) is 5.91 Å². The first-order chi connectivity index (χ1) is 9.52. The summed E-state index contributed by atoms with van der Waals surface area (Å²) < 4.78 is 28.2. The van der Waals surface area contributed by atoms with E-state index in [2.05, 4.69) is 5.32 Å². The van der Waals surface area contributed by atoms with E-state index in [0.717, 1.165) is 0 Å². The molecule has 20 heavy (non-hydrogen) atoms. The minimum Gasteiger partial charge on any atom is -0.363 e. The molecule has 1 fully saturated rings. The van der Waals surface area contributed by atoms with Crippen LogP contribution in [0.25, 0.3) is 0 Å². The van der Waals surface area contributed by atoms with Crippen LogP contribution >= 0.6 is 0 Å². The first-order valence-corrected chi connectivity index (χ1v) is 6.66. The highest BCUT2D eigenvalue weighted by Crippen LogP contribution is 2.26. The maximum Gasteiger partial charge on any atom is 0.219 e. The Morgan fingerprint density at radius 2 is 1.75 bits per heavy atom. The Morgan fingerprint density at radius 1 is 1.20 bits per heavy atom. The number of nitrogens with one attached hydrogen (secondary N) is 1. The molecule has 0 radical (unpaired) electrons. The molecule has 110 valence electrons. The maximum absolute atomic E-state index is 14.1. The van der Waals surface area contributed by atoms with Crippen LogP contribution in [-0.4, -0.2) is 44.0 Å². The third-order valence-corrected chi connectivity index (χ3v) is 3.50. The standard InChI is InChI=1S/C14H19F2N3O/c1-10(20)18-3-5-19(6-4-18)14-12(15)7-11(9-17-2)8-13(14)16/h7-8,17H,3-6,9H2,1-2H3. The van der Waals surface area contributed by atoms with Gasteiger partial charge >= 0.3 is 0 Å². The maximum atomic E-state index is 14.1. The van der Waals surface area contributed by atoms with E-state index >= 15 is 0 Å². The number of amides is 1. The van der Waals surface area contributed by atoms with Crippen molar-refractivity contribution in [3.8, 4) is 0 Å². The quantitative estimate of drug-likeness (QED) is 0.909. The van der Waals surface area contributed by atoms with E-state index in [0.29, 0.717) is 38.3 Å². The second-order valence-electron chi connectivity index (χ2n) is 4.93. The number of anilines is 1. The van der Waals surface area contributed by atoms with Crippen molar-refractivity contribution in [3.05, 3.63) is 29.3 Å². The molecule has 1 amide bonds. The first kappa shape index (κ1) is 14.7. The molecule has 1 aromatic carbocycles. The van der Waals surface area contributed by atoms with Gasteiger partial charge in [-0.1, -0.05) is 0 Å². The predicted octanol–water partition coefficient (Wildman–Crippen LogP) is 1.35. The Labute approximate surface area is 117 Å². The van der Waals surface area contributed by atoms with Gasteiger partial charge in [0.25, 0.3) is 0 Å². The third kappa shape index (κ3) is 3.07. The molecule has 0 aliphatic carbocycles. The fourth-order valence-corrected chi connectivity index (χ4v) is 2.47. The van der Waals surface area contributed by atoms with Gasteiger partial charge in [0.1, 0.15) is 17.3 Å². The van der Waals surface area contributed by atoms with Crippen LogP contribution in [0.1, 0.15) is 12.5 Å². The Kier molecular flexibility index (Phi) is 4.54. The van der Waals surface area contributed by atoms with Gasteiger partial charge in [-0.05, 0) is 24.7 Å². The molecule has 0 atom stereocenters. The van der Waals surface area contributed by atoms with Crippen LogP contribution in [0, 0.1) is 11.6 Å². The molecule has 1 aliphatic rings. The van der Waals surface area contributed by atoms with E-state index in [1.807, 2.05) is 0 Å². The van der Waals surface area contributed by atoms with Crippen LogP contribution in [0.3, 0.4) is 0 Å². The van der Waals surface area contributed by atoms with E-state index in [1.165, 1.54) is 19.1 Å². The van der Waals surface area contributed by atoms with Crippen LogP contribution < -0.4 is 10.2 Å². The molecule has 0 saturated carbocycles. The molecule has 2 rings (SSSR count). The largest absolute Gasteiger partial charge is 0.363 e. The summed E-state index contributed by atoms with van der Waals surface area (Å²) in [6, 6.07) is 2.71. The minimum atomic E-state index is -0.550. The molecule has 0 bridgehead atoms. The van der Waals surface area contributed by atoms with E-state index < -0.39 is 11.6 Å². The van der Waals surface area contributed by atoms with Crippen LogP contribution in [-0.2, 0) is 11.3 Å². The fraction of sp³-hybridized carbons (Fsp3) is 0.500. The summed E-state index contributed by atoms with van der Waals surface area (Å²) in [7, 11) is 1.73. The lowest BCUT2D eigenvalue weighted by molar-refractivity contribution is -0.129. The topological polar surface area (TPSA) is 35.6 Å². The second-order valence-corrected chi connectivity index (χ2v) is 4.93. The fourth-order valence-electron chi connectivity index (χ4n) is 2.47. The molecule has 1 aromatic rings. The normalized spacial score (nSPS) is 15.6. The second kappa shape index (κ2) is 6.17. The minimum absolute atomic E-state index is 0.00466. The van der Waals surface area contributed by atoms with E-state index in [-0.39, 0.29) is 11.6 Å². The molecule has 1 heterocycles. The van der Waals surface area contributed by atoms with E-state index in [9.17, 15) is 13.6 Å². The van der Waals surface area contributed by atoms with Crippen molar-refractivity contribution in [1.29, 1.82) is 0 Å². The zero-order chi connectivity index (χ0) is 14.7. The van der Waals surface area contributed by atoms with Crippen molar-refractivity contribution in [1.82, 2.24) is 10.2 Å². The van der Waals surface area contributed by atoms with Crippen molar-refractivity contribution in [3.63, 3.8) is 0 Å². The summed E-state index contributed by atoms with van der Waals surface area (Å²) >= 11 is 0. The molecule has 1 aliphatic heterocycles. The Bertz CT molecular complexity index is 476. The van der Waals surface area contributed by atoms with Crippen molar-refractivity contribution >= 4 is 11.6 Å². The summed E-state index contributed by atoms with van der Waals surface area (Å²) in [5.41, 5.74) is 0.585. The number of hydrogen-bond donors (Lipinski definition) is 1. The summed E-state index contributed by atoms with van der Waals surface area (Å²) in [6.07, 6.45) is 0. The molecule has 1 saturated heterocycles. The predicted molar refractivity (Wildman–Crippen MR) is 73.6 cm³/mol. The lowest BCUT2D eigenvalue weighted by Gasteiger charge is -2.35. The molecule has 0 aromatic heterocycles. The lowest BCUT2D eigenvalue weighted by Crippen LogP contribution is -2.48. The highest BCUT2D eigenvalue weighted by Gasteiger charge is 2.23. The molecule has 0 unspecified atom stereocenters. The summed E-state index contributed by atoms with van der Waals surface area (Å²) in [5.74, 6) is -1.10. The Hall–Kier alpha value is -1.69. The number of nitrogens with zero attached hydrogens (tertiary/aromatic N) is 2. The third-order valence-electron chi connectivity index (χ3n) is 3.50. The molecule has 4 nitrogen and oxygen atoms in total. The zero-order valence-corrected chi connectivity index (χ0v) is 11.7. The number of rotatable bonds is 3. The van der Waals surface area contributed by atoms with Crippen molar-refractivity contribution < 1.29 is 13.6 Å². The molecular weight excluding hydrogens is 264 g/mol. The molecule has 0 spiro atoms. The molecule has 6 heteroatoms. The van der Waals surface area contributed by atoms with Gasteiger partial charge in [0.05, 0.1) is 0 Å². The number of benzene rings is 1. The monoisotopic (exact) mass is 283 g/mol. The van der Waals surface area contributed by atoms with E-state index in [1.54, 1.807) is 16.8 Å². The van der Waals surface area contributed by atoms with Crippen LogP contribution in [0.5, 0.6) is 0 Å². The average molecular weight is 283 g/mol. The average Bonchev–Trinajstić information content (AvgIpc) is 2.39. The number of hydrogen-bond acceptors (Lipinski definition) is 3. The summed E-state index contributed by atoms with van der Waals surface area (Å²) in [6.45, 7) is 3.80. The highest BCUT2D eigenvalue weighted by atomic mass is 19.1. The summed E-state index contributed by atoms with van der Waals surface area (Å²) in [4.78, 5) is 14.6. The first-order valence-electron chi connectivity index (χ1n) is 6.66. The molecular formula is C14H19F2N3O. The summed E-state index contributed by atoms with van der Waals surface area (Å²) in [5, 5.41) is 2.86. The van der Waals surface area contributed by atoms with E-state index in [4.69, 9.17) is 0 Å². The number of halogens is 2. The van der Waals surface area contributed by atoms with Crippen LogP contribution in [0.15, 0.2) is 12.1 Å². The van der Waals surface area contributed by atoms with Crippen molar-refractivity contribution in [2.75, 3.05) is 38.1 Å². The van der Waals surface area contributed by atoms with Crippen molar-refractivity contribution in [2.45, 2.75) is 13.5 Å². The van der Waals surface area contributed by atoms with Gasteiger partial charge in [-0.3, -0.25) is 4.79 Å². The van der Waals surface area contributed by atoms with Gasteiger partial charge in [0.15, 0.2) is 0 Å². The highest BCUT2D eigenvalue weighted by molar-refractivity contribution is 5.73. The Morgan fingerprint density at radius 3 is 2.20 bits per heavy atom. The number of carbonyl (C=O) groups is 1. The smallest absolute Gasteiger partial charge is 0.219 e. The molecule has 1 N–H and O–H groups in total. The zero-order valence-electron chi connectivity index (χ0n) is 11.7. The Balaban J connectivity index is 2.16. The van der Waals surface area contributed by atoms with Gasteiger partial charge in [-0.2, -0.15) is 0 Å². The van der Waals surface area contributed by atoms with Crippen molar-refractivity contribution in [2.24, 2.45) is 0 Å². The van der Waals surface area contributed by atoms with Gasteiger partial charge in [-0.25, -0.2) is 8.78 Å². The van der Waals surface area contributed by atoms with Gasteiger partial charge in [-0.15, -0.1) is 0 Å². The van der Waals surface area contributed by atoms with Gasteiger partial charge in [0, 0.05) is 39.6 Å². The van der Waals surface area contributed by atoms with Crippen LogP contribution in [0.4, 0.5) is 14.5 Å². The lowest BCUT2D eigenvalue weighted by atomic mass is 10.1.